The molecule has 0 amide bonds. The van der Waals surface area contributed by atoms with Gasteiger partial charge < -0.3 is 11.1 Å². The molecule has 12 heavy (non-hydrogen) atoms. The van der Waals surface area contributed by atoms with E-state index in [-0.39, 0.29) is 0 Å². The van der Waals surface area contributed by atoms with Crippen molar-refractivity contribution in [3.8, 4) is 0 Å². The number of rotatable bonds is 3. The predicted octanol–water partition coefficient (Wildman–Crippen LogP) is 0.0174. The average molecular weight is 171 g/mol. The Hall–Kier alpha value is -0.120. The van der Waals surface area contributed by atoms with Gasteiger partial charge in [0.2, 0.25) is 0 Å². The van der Waals surface area contributed by atoms with Gasteiger partial charge in [0, 0.05) is 31.7 Å². The van der Waals surface area contributed by atoms with Gasteiger partial charge in [0.25, 0.3) is 0 Å². The molecule has 0 radical (unpaired) electrons. The lowest BCUT2D eigenvalue weighted by atomic mass is 10.1. The standard InChI is InChI=1S/C9H21N3/c1-8-7-12(6-5-11-8)9(2)3-4-10/h8-9,11H,3-7,10H2,1-2H3. The number of piperazine rings is 1. The predicted molar refractivity (Wildman–Crippen MR) is 52.2 cm³/mol. The van der Waals surface area contributed by atoms with E-state index < -0.39 is 0 Å². The van der Waals surface area contributed by atoms with Gasteiger partial charge in [0.05, 0.1) is 0 Å². The highest BCUT2D eigenvalue weighted by atomic mass is 15.2. The van der Waals surface area contributed by atoms with E-state index in [1.807, 2.05) is 0 Å². The summed E-state index contributed by atoms with van der Waals surface area (Å²) < 4.78 is 0. The second-order valence-electron chi connectivity index (χ2n) is 3.78. The molecule has 1 rings (SSSR count). The van der Waals surface area contributed by atoms with Crippen molar-refractivity contribution in [2.24, 2.45) is 5.73 Å². The summed E-state index contributed by atoms with van der Waals surface area (Å²) >= 11 is 0. The second-order valence-corrected chi connectivity index (χ2v) is 3.78. The molecule has 2 atom stereocenters. The third kappa shape index (κ3) is 2.73. The maximum Gasteiger partial charge on any atom is 0.0167 e. The molecule has 1 heterocycles. The third-order valence-electron chi connectivity index (χ3n) is 2.61. The maximum atomic E-state index is 5.53. The van der Waals surface area contributed by atoms with Gasteiger partial charge in [0.15, 0.2) is 0 Å². The number of hydrogen-bond donors (Lipinski definition) is 2. The van der Waals surface area contributed by atoms with Crippen molar-refractivity contribution >= 4 is 0 Å². The quantitative estimate of drug-likeness (QED) is 0.629. The summed E-state index contributed by atoms with van der Waals surface area (Å²) in [6.07, 6.45) is 1.12. The van der Waals surface area contributed by atoms with Crippen LogP contribution >= 0.6 is 0 Å². The van der Waals surface area contributed by atoms with E-state index in [0.29, 0.717) is 12.1 Å². The van der Waals surface area contributed by atoms with Crippen LogP contribution in [0.15, 0.2) is 0 Å². The fourth-order valence-corrected chi connectivity index (χ4v) is 1.79. The summed E-state index contributed by atoms with van der Waals surface area (Å²) in [7, 11) is 0. The fraction of sp³-hybridized carbons (Fsp3) is 1.00. The Morgan fingerprint density at radius 2 is 2.42 bits per heavy atom. The second kappa shape index (κ2) is 4.80. The molecular weight excluding hydrogens is 150 g/mol. The molecule has 3 N–H and O–H groups in total. The molecule has 0 aliphatic carbocycles. The van der Waals surface area contributed by atoms with Crippen molar-refractivity contribution in [3.05, 3.63) is 0 Å². The lowest BCUT2D eigenvalue weighted by Crippen LogP contribution is -2.52. The van der Waals surface area contributed by atoms with Gasteiger partial charge in [-0.15, -0.1) is 0 Å². The van der Waals surface area contributed by atoms with Crippen molar-refractivity contribution in [2.75, 3.05) is 26.2 Å². The largest absolute Gasteiger partial charge is 0.330 e. The van der Waals surface area contributed by atoms with E-state index in [1.54, 1.807) is 0 Å². The molecule has 0 spiro atoms. The van der Waals surface area contributed by atoms with Gasteiger partial charge in [-0.05, 0) is 26.8 Å². The molecular formula is C9H21N3. The summed E-state index contributed by atoms with van der Waals surface area (Å²) in [5.74, 6) is 0. The van der Waals surface area contributed by atoms with Gasteiger partial charge in [0.1, 0.15) is 0 Å². The van der Waals surface area contributed by atoms with Crippen LogP contribution in [0, 0.1) is 0 Å². The van der Waals surface area contributed by atoms with Gasteiger partial charge in [-0.2, -0.15) is 0 Å². The van der Waals surface area contributed by atoms with Gasteiger partial charge in [-0.25, -0.2) is 0 Å². The molecule has 0 aromatic carbocycles. The zero-order valence-corrected chi connectivity index (χ0v) is 8.21. The molecule has 1 fully saturated rings. The highest BCUT2D eigenvalue weighted by Gasteiger charge is 2.19. The van der Waals surface area contributed by atoms with E-state index in [9.17, 15) is 0 Å². The summed E-state index contributed by atoms with van der Waals surface area (Å²) in [6, 6.07) is 1.29. The van der Waals surface area contributed by atoms with Crippen LogP contribution in [0.1, 0.15) is 20.3 Å². The van der Waals surface area contributed by atoms with Gasteiger partial charge >= 0.3 is 0 Å². The van der Waals surface area contributed by atoms with E-state index in [0.717, 1.165) is 19.5 Å². The minimum atomic E-state index is 0.638. The van der Waals surface area contributed by atoms with E-state index in [2.05, 4.69) is 24.1 Å². The van der Waals surface area contributed by atoms with Crippen LogP contribution in [-0.4, -0.2) is 43.2 Å². The first-order chi connectivity index (χ1) is 5.74. The van der Waals surface area contributed by atoms with Crippen molar-refractivity contribution in [1.29, 1.82) is 0 Å². The Balaban J connectivity index is 2.29. The van der Waals surface area contributed by atoms with Crippen LogP contribution in [0.3, 0.4) is 0 Å². The number of nitrogens with two attached hydrogens (primary N) is 1. The van der Waals surface area contributed by atoms with E-state index in [4.69, 9.17) is 5.73 Å². The molecule has 2 unspecified atom stereocenters. The monoisotopic (exact) mass is 171 g/mol. The molecule has 0 saturated carbocycles. The Labute approximate surface area is 75.3 Å². The van der Waals surface area contributed by atoms with Crippen LogP contribution in [0.25, 0.3) is 0 Å². The Bertz CT molecular complexity index is 127. The smallest absolute Gasteiger partial charge is 0.0167 e. The SMILES string of the molecule is CC1CN(C(C)CCN)CCN1. The molecule has 0 bridgehead atoms. The number of nitrogens with one attached hydrogen (secondary N) is 1. The first-order valence-electron chi connectivity index (χ1n) is 4.91. The van der Waals surface area contributed by atoms with Crippen molar-refractivity contribution in [1.82, 2.24) is 10.2 Å². The molecule has 1 saturated heterocycles. The lowest BCUT2D eigenvalue weighted by Gasteiger charge is -2.36. The minimum Gasteiger partial charge on any atom is -0.330 e. The zero-order chi connectivity index (χ0) is 8.97. The van der Waals surface area contributed by atoms with E-state index in [1.165, 1.54) is 13.1 Å². The highest BCUT2D eigenvalue weighted by Crippen LogP contribution is 2.06. The molecule has 0 aromatic rings. The molecule has 72 valence electrons. The summed E-state index contributed by atoms with van der Waals surface area (Å²) in [5.41, 5.74) is 5.53. The van der Waals surface area contributed by atoms with Crippen molar-refractivity contribution in [3.63, 3.8) is 0 Å². The summed E-state index contributed by atoms with van der Waals surface area (Å²) in [4.78, 5) is 2.52. The van der Waals surface area contributed by atoms with Gasteiger partial charge in [-0.1, -0.05) is 0 Å². The molecule has 1 aliphatic heterocycles. The van der Waals surface area contributed by atoms with Crippen LogP contribution in [0.2, 0.25) is 0 Å². The van der Waals surface area contributed by atoms with Gasteiger partial charge in [-0.3, -0.25) is 4.90 Å². The zero-order valence-electron chi connectivity index (χ0n) is 8.21. The summed E-state index contributed by atoms with van der Waals surface area (Å²) in [5, 5.41) is 3.44. The topological polar surface area (TPSA) is 41.3 Å². The number of hydrogen-bond acceptors (Lipinski definition) is 3. The molecule has 1 aliphatic rings. The fourth-order valence-electron chi connectivity index (χ4n) is 1.79. The average Bonchev–Trinajstić information content (AvgIpc) is 2.05. The van der Waals surface area contributed by atoms with Crippen molar-refractivity contribution < 1.29 is 0 Å². The Kier molecular flexibility index (Phi) is 3.98. The first kappa shape index (κ1) is 9.96. The molecule has 0 aromatic heterocycles. The molecule has 3 heteroatoms. The Morgan fingerprint density at radius 1 is 1.67 bits per heavy atom. The molecule has 3 nitrogen and oxygen atoms in total. The maximum absolute atomic E-state index is 5.53. The van der Waals surface area contributed by atoms with Crippen LogP contribution in [0.4, 0.5) is 0 Å². The number of nitrogens with zero attached hydrogens (tertiary/aromatic N) is 1. The van der Waals surface area contributed by atoms with Crippen LogP contribution in [0.5, 0.6) is 0 Å². The van der Waals surface area contributed by atoms with Crippen LogP contribution < -0.4 is 11.1 Å². The minimum absolute atomic E-state index is 0.638. The first-order valence-corrected chi connectivity index (χ1v) is 4.91. The Morgan fingerprint density at radius 3 is 3.00 bits per heavy atom. The van der Waals surface area contributed by atoms with Crippen LogP contribution in [-0.2, 0) is 0 Å². The highest BCUT2D eigenvalue weighted by molar-refractivity contribution is 4.78. The van der Waals surface area contributed by atoms with E-state index >= 15 is 0 Å². The van der Waals surface area contributed by atoms with Crippen molar-refractivity contribution in [2.45, 2.75) is 32.4 Å². The summed E-state index contributed by atoms with van der Waals surface area (Å²) in [6.45, 7) is 8.77. The lowest BCUT2D eigenvalue weighted by molar-refractivity contribution is 0.153. The third-order valence-corrected chi connectivity index (χ3v) is 2.61. The normalized spacial score (nSPS) is 28.8.